The standard InChI is InChI=1S/C22H18Cl3N3OS/c23-22(24,25)20(27-19(29)13-10-15-6-2-1-3-7-15)28-21(30)26-18-12-11-16-8-4-5-9-17(16)14-18/h1-14,20H,(H,27,29)(H2,26,28,30)/b13-10+/t20-/m0/s1. The van der Waals surface area contributed by atoms with Gasteiger partial charge in [-0.15, -0.1) is 0 Å². The van der Waals surface area contributed by atoms with Crippen LogP contribution in [0, 0.1) is 0 Å². The molecule has 3 rings (SSSR count). The van der Waals surface area contributed by atoms with Gasteiger partial charge < -0.3 is 16.0 Å². The zero-order valence-electron chi connectivity index (χ0n) is 15.6. The minimum atomic E-state index is -1.83. The molecule has 30 heavy (non-hydrogen) atoms. The zero-order chi connectivity index (χ0) is 21.6. The molecule has 1 atom stereocenters. The Bertz CT molecular complexity index is 1070. The van der Waals surface area contributed by atoms with Gasteiger partial charge in [0.2, 0.25) is 9.70 Å². The number of halogens is 3. The highest BCUT2D eigenvalue weighted by Crippen LogP contribution is 2.29. The van der Waals surface area contributed by atoms with Crippen molar-refractivity contribution in [1.29, 1.82) is 0 Å². The molecular formula is C22H18Cl3N3OS. The summed E-state index contributed by atoms with van der Waals surface area (Å²) < 4.78 is -1.83. The average Bonchev–Trinajstić information content (AvgIpc) is 2.72. The van der Waals surface area contributed by atoms with Crippen LogP contribution in [0.1, 0.15) is 5.56 Å². The van der Waals surface area contributed by atoms with Crippen LogP contribution in [-0.2, 0) is 4.79 Å². The Morgan fingerprint density at radius 3 is 2.27 bits per heavy atom. The number of fused-ring (bicyclic) bond motifs is 1. The molecule has 3 aromatic rings. The number of hydrogen-bond acceptors (Lipinski definition) is 2. The third-order valence-electron chi connectivity index (χ3n) is 4.12. The highest BCUT2D eigenvalue weighted by Gasteiger charge is 2.34. The first kappa shape index (κ1) is 22.4. The van der Waals surface area contributed by atoms with E-state index in [1.54, 1.807) is 6.08 Å². The van der Waals surface area contributed by atoms with Gasteiger partial charge in [0.05, 0.1) is 0 Å². The second-order valence-electron chi connectivity index (χ2n) is 6.39. The summed E-state index contributed by atoms with van der Waals surface area (Å²) in [5, 5.41) is 10.9. The maximum Gasteiger partial charge on any atom is 0.245 e. The number of carbonyl (C=O) groups is 1. The van der Waals surface area contributed by atoms with Gasteiger partial charge in [-0.25, -0.2) is 0 Å². The van der Waals surface area contributed by atoms with Gasteiger partial charge in [0.15, 0.2) is 5.11 Å². The lowest BCUT2D eigenvalue weighted by Gasteiger charge is -2.27. The summed E-state index contributed by atoms with van der Waals surface area (Å²) in [7, 11) is 0. The fourth-order valence-electron chi connectivity index (χ4n) is 2.69. The van der Waals surface area contributed by atoms with E-state index in [4.69, 9.17) is 47.0 Å². The molecule has 154 valence electrons. The van der Waals surface area contributed by atoms with Crippen LogP contribution >= 0.6 is 47.0 Å². The summed E-state index contributed by atoms with van der Waals surface area (Å²) in [5.41, 5.74) is 1.64. The van der Waals surface area contributed by atoms with Gasteiger partial charge in [0.1, 0.15) is 6.17 Å². The highest BCUT2D eigenvalue weighted by molar-refractivity contribution is 7.80. The number of nitrogens with one attached hydrogen (secondary N) is 3. The van der Waals surface area contributed by atoms with Crippen LogP contribution < -0.4 is 16.0 Å². The van der Waals surface area contributed by atoms with Crippen molar-refractivity contribution in [3.63, 3.8) is 0 Å². The maximum absolute atomic E-state index is 12.3. The molecule has 0 unspecified atom stereocenters. The van der Waals surface area contributed by atoms with Crippen molar-refractivity contribution >= 4 is 80.6 Å². The first-order chi connectivity index (χ1) is 14.3. The van der Waals surface area contributed by atoms with Crippen molar-refractivity contribution in [3.8, 4) is 0 Å². The molecule has 0 radical (unpaired) electrons. The Balaban J connectivity index is 1.64. The molecule has 0 heterocycles. The molecule has 4 nitrogen and oxygen atoms in total. The lowest BCUT2D eigenvalue weighted by Crippen LogP contribution is -2.55. The quantitative estimate of drug-likeness (QED) is 0.192. The van der Waals surface area contributed by atoms with Crippen LogP contribution in [0.2, 0.25) is 0 Å². The zero-order valence-corrected chi connectivity index (χ0v) is 18.7. The lowest BCUT2D eigenvalue weighted by molar-refractivity contribution is -0.117. The molecule has 0 aliphatic heterocycles. The van der Waals surface area contributed by atoms with Crippen molar-refractivity contribution < 1.29 is 4.79 Å². The van der Waals surface area contributed by atoms with E-state index in [0.29, 0.717) is 0 Å². The Hall–Kier alpha value is -2.31. The minimum Gasteiger partial charge on any atom is -0.339 e. The predicted molar refractivity (Wildman–Crippen MR) is 131 cm³/mol. The third-order valence-corrected chi connectivity index (χ3v) is 5.00. The second-order valence-corrected chi connectivity index (χ2v) is 9.16. The average molecular weight is 479 g/mol. The molecule has 1 amide bonds. The Morgan fingerprint density at radius 1 is 0.900 bits per heavy atom. The van der Waals surface area contributed by atoms with Gasteiger partial charge >= 0.3 is 0 Å². The lowest BCUT2D eigenvalue weighted by atomic mass is 10.1. The van der Waals surface area contributed by atoms with Gasteiger partial charge in [0.25, 0.3) is 0 Å². The number of carbonyl (C=O) groups excluding carboxylic acids is 1. The van der Waals surface area contributed by atoms with Crippen LogP contribution in [0.15, 0.2) is 78.9 Å². The monoisotopic (exact) mass is 477 g/mol. The molecule has 3 N–H and O–H groups in total. The molecule has 0 aliphatic carbocycles. The number of rotatable bonds is 5. The van der Waals surface area contributed by atoms with E-state index in [0.717, 1.165) is 22.0 Å². The number of anilines is 1. The Kier molecular flexibility index (Phi) is 7.56. The van der Waals surface area contributed by atoms with Gasteiger partial charge in [-0.3, -0.25) is 4.79 Å². The maximum atomic E-state index is 12.3. The minimum absolute atomic E-state index is 0.203. The summed E-state index contributed by atoms with van der Waals surface area (Å²) in [4.78, 5) is 12.3. The van der Waals surface area contributed by atoms with Crippen molar-refractivity contribution in [3.05, 3.63) is 84.4 Å². The van der Waals surface area contributed by atoms with E-state index < -0.39 is 15.9 Å². The number of thiocarbonyl (C=S) groups is 1. The SMILES string of the molecule is O=C(/C=C/c1ccccc1)N[C@@H](NC(=S)Nc1ccc2ccccc2c1)C(Cl)(Cl)Cl. The van der Waals surface area contributed by atoms with Crippen molar-refractivity contribution in [1.82, 2.24) is 10.6 Å². The van der Waals surface area contributed by atoms with E-state index in [9.17, 15) is 4.79 Å². The van der Waals surface area contributed by atoms with Crippen molar-refractivity contribution in [2.24, 2.45) is 0 Å². The number of hydrogen-bond donors (Lipinski definition) is 3. The van der Waals surface area contributed by atoms with Crippen LogP contribution in [0.4, 0.5) is 5.69 Å². The number of benzene rings is 3. The molecule has 0 spiro atoms. The van der Waals surface area contributed by atoms with E-state index in [1.807, 2.05) is 72.8 Å². The molecule has 0 bridgehead atoms. The summed E-state index contributed by atoms with van der Waals surface area (Å²) >= 11 is 23.4. The van der Waals surface area contributed by atoms with E-state index in [2.05, 4.69) is 16.0 Å². The van der Waals surface area contributed by atoms with Crippen LogP contribution in [0.3, 0.4) is 0 Å². The largest absolute Gasteiger partial charge is 0.339 e. The Labute approximate surface area is 195 Å². The summed E-state index contributed by atoms with van der Waals surface area (Å²) in [6.07, 6.45) is 1.98. The second kappa shape index (κ2) is 10.1. The number of alkyl halides is 3. The van der Waals surface area contributed by atoms with E-state index >= 15 is 0 Å². The molecule has 0 fully saturated rings. The molecule has 8 heteroatoms. The smallest absolute Gasteiger partial charge is 0.245 e. The first-order valence-electron chi connectivity index (χ1n) is 8.98. The van der Waals surface area contributed by atoms with Gasteiger partial charge in [0, 0.05) is 11.8 Å². The highest BCUT2D eigenvalue weighted by atomic mass is 35.6. The fraction of sp³-hybridized carbons (Fsp3) is 0.0909. The van der Waals surface area contributed by atoms with Crippen LogP contribution in [0.25, 0.3) is 16.8 Å². The van der Waals surface area contributed by atoms with Gasteiger partial charge in [-0.1, -0.05) is 95.5 Å². The van der Waals surface area contributed by atoms with Crippen molar-refractivity contribution in [2.45, 2.75) is 9.96 Å². The fourth-order valence-corrected chi connectivity index (χ4v) is 3.25. The number of amides is 1. The summed E-state index contributed by atoms with van der Waals surface area (Å²) in [5.74, 6) is -0.434. The van der Waals surface area contributed by atoms with Gasteiger partial charge in [-0.05, 0) is 46.8 Å². The van der Waals surface area contributed by atoms with Gasteiger partial charge in [-0.2, -0.15) is 0 Å². The summed E-state index contributed by atoms with van der Waals surface area (Å²) in [6, 6.07) is 23.2. The third kappa shape index (κ3) is 6.61. The van der Waals surface area contributed by atoms with Crippen molar-refractivity contribution in [2.75, 3.05) is 5.32 Å². The predicted octanol–water partition coefficient (Wildman–Crippen LogP) is 5.65. The summed E-state index contributed by atoms with van der Waals surface area (Å²) in [6.45, 7) is 0. The first-order valence-corrected chi connectivity index (χ1v) is 10.5. The topological polar surface area (TPSA) is 53.2 Å². The molecule has 3 aromatic carbocycles. The molecule has 0 aromatic heterocycles. The Morgan fingerprint density at radius 2 is 1.57 bits per heavy atom. The molecular weight excluding hydrogens is 461 g/mol. The van der Waals surface area contributed by atoms with E-state index in [-0.39, 0.29) is 5.11 Å². The molecule has 0 aliphatic rings. The molecule has 0 saturated carbocycles. The van der Waals surface area contributed by atoms with Crippen LogP contribution in [-0.4, -0.2) is 21.0 Å². The van der Waals surface area contributed by atoms with E-state index in [1.165, 1.54) is 6.08 Å². The van der Waals surface area contributed by atoms with Crippen LogP contribution in [0.5, 0.6) is 0 Å². The molecule has 0 saturated heterocycles. The normalized spacial score (nSPS) is 12.5.